The van der Waals surface area contributed by atoms with Crippen molar-refractivity contribution in [2.24, 2.45) is 5.16 Å². The lowest BCUT2D eigenvalue weighted by Gasteiger charge is -2.04. The molecule has 2 aromatic rings. The highest BCUT2D eigenvalue weighted by Gasteiger charge is 2.02. The van der Waals surface area contributed by atoms with Crippen LogP contribution in [0.1, 0.15) is 43.0 Å². The van der Waals surface area contributed by atoms with Gasteiger partial charge in [0.15, 0.2) is 0 Å². The minimum atomic E-state index is 0.468. The van der Waals surface area contributed by atoms with Crippen molar-refractivity contribution in [3.63, 3.8) is 0 Å². The van der Waals surface area contributed by atoms with Crippen LogP contribution < -0.4 is 0 Å². The van der Waals surface area contributed by atoms with Crippen molar-refractivity contribution in [2.45, 2.75) is 26.7 Å². The molecule has 0 atom stereocenters. The summed E-state index contributed by atoms with van der Waals surface area (Å²) in [5.41, 5.74) is 4.10. The smallest absolute Gasteiger partial charge is 0.117 e. The second kappa shape index (κ2) is 11.5. The zero-order valence-electron chi connectivity index (χ0n) is 15.4. The number of aliphatic hydroxyl groups excluding tert-OH is 1. The van der Waals surface area contributed by atoms with Crippen LogP contribution in [0.4, 0.5) is 0 Å². The van der Waals surface area contributed by atoms with Gasteiger partial charge in [0.05, 0.1) is 17.1 Å². The topological polar surface area (TPSA) is 91.5 Å². The Bertz CT molecular complexity index is 794. The van der Waals surface area contributed by atoms with Gasteiger partial charge < -0.3 is 15.4 Å². The molecule has 6 heteroatoms. The van der Waals surface area contributed by atoms with Gasteiger partial charge in [0.2, 0.25) is 0 Å². The molecule has 6 nitrogen and oxygen atoms in total. The Morgan fingerprint density at radius 1 is 1.15 bits per heavy atom. The van der Waals surface area contributed by atoms with Gasteiger partial charge in [-0.3, -0.25) is 4.98 Å². The first-order valence-corrected chi connectivity index (χ1v) is 8.17. The summed E-state index contributed by atoms with van der Waals surface area (Å²) in [6.45, 7) is 4.05. The number of aromatic nitrogens is 2. The van der Waals surface area contributed by atoms with E-state index in [9.17, 15) is 0 Å². The minimum Gasteiger partial charge on any atom is -0.400 e. The van der Waals surface area contributed by atoms with Gasteiger partial charge >= 0.3 is 0 Å². The number of hydrogen-bond donors (Lipinski definition) is 2. The van der Waals surface area contributed by atoms with E-state index in [2.05, 4.69) is 21.0 Å². The highest BCUT2D eigenvalue weighted by Crippen LogP contribution is 2.04. The van der Waals surface area contributed by atoms with Crippen molar-refractivity contribution >= 4 is 11.4 Å². The molecular weight excluding hydrogens is 328 g/mol. The molecule has 0 amide bonds. The van der Waals surface area contributed by atoms with Gasteiger partial charge in [0.1, 0.15) is 18.0 Å². The third-order valence-corrected chi connectivity index (χ3v) is 3.33. The fourth-order valence-electron chi connectivity index (χ4n) is 2.05. The summed E-state index contributed by atoms with van der Waals surface area (Å²) in [6.07, 6.45) is 6.91. The normalized spacial score (nSPS) is 10.3. The average molecular weight is 352 g/mol. The molecule has 0 unspecified atom stereocenters. The molecule has 2 heterocycles. The molecule has 0 bridgehead atoms. The van der Waals surface area contributed by atoms with Crippen molar-refractivity contribution in [1.82, 2.24) is 9.97 Å². The summed E-state index contributed by atoms with van der Waals surface area (Å²) in [4.78, 5) is 14.1. The minimum absolute atomic E-state index is 0.468. The number of oxime groups is 1. The Balaban J connectivity index is 0.00000163. The summed E-state index contributed by atoms with van der Waals surface area (Å²) >= 11 is 0. The highest BCUT2D eigenvalue weighted by atomic mass is 16.6. The van der Waals surface area contributed by atoms with E-state index >= 15 is 0 Å². The van der Waals surface area contributed by atoms with Crippen LogP contribution in [0.15, 0.2) is 41.6 Å². The van der Waals surface area contributed by atoms with Gasteiger partial charge in [0.25, 0.3) is 0 Å². The number of aliphatic hydroxyl groups is 1. The lowest BCUT2D eigenvalue weighted by Crippen LogP contribution is -2.03. The van der Waals surface area contributed by atoms with Gasteiger partial charge in [-0.2, -0.15) is 0 Å². The SMILES string of the molecule is C#Cc1cccc(/C(C)=N/OCCCc2cccc(C(C)=N)n2)n1.CO. The largest absolute Gasteiger partial charge is 0.400 e. The Hall–Kier alpha value is -3.04. The third-order valence-electron chi connectivity index (χ3n) is 3.33. The summed E-state index contributed by atoms with van der Waals surface area (Å²) in [7, 11) is 1.00. The van der Waals surface area contributed by atoms with Crippen LogP contribution in [0.25, 0.3) is 0 Å². The van der Waals surface area contributed by atoms with Crippen molar-refractivity contribution < 1.29 is 9.94 Å². The Morgan fingerprint density at radius 3 is 2.54 bits per heavy atom. The maximum atomic E-state index is 7.61. The van der Waals surface area contributed by atoms with E-state index in [1.165, 1.54) is 0 Å². The lowest BCUT2D eigenvalue weighted by atomic mass is 10.2. The van der Waals surface area contributed by atoms with E-state index < -0.39 is 0 Å². The number of nitrogens with one attached hydrogen (secondary N) is 1. The first kappa shape index (κ1) is 21.0. The summed E-state index contributed by atoms with van der Waals surface area (Å²) in [6, 6.07) is 11.2. The van der Waals surface area contributed by atoms with Crippen molar-refractivity contribution in [2.75, 3.05) is 13.7 Å². The van der Waals surface area contributed by atoms with Crippen LogP contribution in [0, 0.1) is 17.8 Å². The fraction of sp³-hybridized carbons (Fsp3) is 0.300. The Labute approximate surface area is 154 Å². The summed E-state index contributed by atoms with van der Waals surface area (Å²) < 4.78 is 0. The molecule has 0 aliphatic carbocycles. The van der Waals surface area contributed by atoms with Gasteiger partial charge in [-0.15, -0.1) is 6.42 Å². The molecule has 136 valence electrons. The number of terminal acetylenes is 1. The molecule has 0 aromatic carbocycles. The lowest BCUT2D eigenvalue weighted by molar-refractivity contribution is 0.141. The van der Waals surface area contributed by atoms with Crippen LogP contribution in [0.2, 0.25) is 0 Å². The number of aryl methyl sites for hydroxylation is 1. The Kier molecular flexibility index (Phi) is 9.29. The van der Waals surface area contributed by atoms with E-state index in [1.54, 1.807) is 13.0 Å². The van der Waals surface area contributed by atoms with E-state index in [4.69, 9.17) is 21.8 Å². The van der Waals surface area contributed by atoms with E-state index in [-0.39, 0.29) is 0 Å². The number of hydrogen-bond acceptors (Lipinski definition) is 6. The van der Waals surface area contributed by atoms with E-state index in [0.717, 1.165) is 25.6 Å². The monoisotopic (exact) mass is 352 g/mol. The molecule has 0 saturated carbocycles. The van der Waals surface area contributed by atoms with Crippen LogP contribution in [-0.4, -0.2) is 40.2 Å². The molecule has 0 radical (unpaired) electrons. The molecule has 0 spiro atoms. The zero-order valence-corrected chi connectivity index (χ0v) is 15.4. The number of rotatable bonds is 7. The van der Waals surface area contributed by atoms with Crippen LogP contribution >= 0.6 is 0 Å². The van der Waals surface area contributed by atoms with Crippen molar-refractivity contribution in [3.05, 3.63) is 59.2 Å². The summed E-state index contributed by atoms with van der Waals surface area (Å²) in [5.74, 6) is 2.50. The molecule has 0 aliphatic heterocycles. The number of pyridine rings is 2. The molecule has 0 aliphatic rings. The second-order valence-corrected chi connectivity index (χ2v) is 5.31. The van der Waals surface area contributed by atoms with Gasteiger partial charge in [-0.25, -0.2) is 4.98 Å². The van der Waals surface area contributed by atoms with Crippen LogP contribution in [0.5, 0.6) is 0 Å². The highest BCUT2D eigenvalue weighted by molar-refractivity contribution is 5.96. The molecule has 2 N–H and O–H groups in total. The predicted octanol–water partition coefficient (Wildman–Crippen LogP) is 2.83. The predicted molar refractivity (Wildman–Crippen MR) is 104 cm³/mol. The first-order chi connectivity index (χ1) is 12.6. The molecule has 0 fully saturated rings. The molecule has 2 aromatic heterocycles. The molecule has 2 rings (SSSR count). The maximum Gasteiger partial charge on any atom is 0.117 e. The van der Waals surface area contributed by atoms with Crippen LogP contribution in [-0.2, 0) is 11.3 Å². The van der Waals surface area contributed by atoms with Crippen LogP contribution in [0.3, 0.4) is 0 Å². The Morgan fingerprint density at radius 2 is 1.85 bits per heavy atom. The van der Waals surface area contributed by atoms with E-state index in [1.807, 2.05) is 37.3 Å². The molecule has 0 saturated heterocycles. The molecule has 26 heavy (non-hydrogen) atoms. The number of nitrogens with zero attached hydrogens (tertiary/aromatic N) is 3. The average Bonchev–Trinajstić information content (AvgIpc) is 2.69. The van der Waals surface area contributed by atoms with Gasteiger partial charge in [-0.05, 0) is 51.0 Å². The standard InChI is InChI=1S/C19H20N4O.CH4O/c1-4-16-8-5-12-19(21-16)15(3)23-24-13-7-10-17-9-6-11-18(22-17)14(2)20;1-2/h1,5-6,8-9,11-12,20H,7,10,13H2,2-3H3;2H,1H3/b20-14?,23-15+;. The fourth-order valence-corrected chi connectivity index (χ4v) is 2.05. The van der Waals surface area contributed by atoms with Gasteiger partial charge in [-0.1, -0.05) is 23.2 Å². The molecular formula is C20H24N4O2. The zero-order chi connectivity index (χ0) is 19.4. The van der Waals surface area contributed by atoms with Crippen molar-refractivity contribution in [3.8, 4) is 12.3 Å². The maximum absolute atomic E-state index is 7.61. The van der Waals surface area contributed by atoms with Crippen molar-refractivity contribution in [1.29, 1.82) is 5.41 Å². The second-order valence-electron chi connectivity index (χ2n) is 5.31. The first-order valence-electron chi connectivity index (χ1n) is 8.17. The van der Waals surface area contributed by atoms with Gasteiger partial charge in [0, 0.05) is 12.8 Å². The summed E-state index contributed by atoms with van der Waals surface area (Å²) in [5, 5.41) is 18.7. The van der Waals surface area contributed by atoms with E-state index in [0.29, 0.717) is 35.1 Å². The third kappa shape index (κ3) is 6.83. The quantitative estimate of drug-likeness (QED) is 0.347.